The van der Waals surface area contributed by atoms with Crippen LogP contribution in [0.15, 0.2) is 24.3 Å². The fraction of sp³-hybridized carbons (Fsp3) is 0.562. The summed E-state index contributed by atoms with van der Waals surface area (Å²) in [7, 11) is 0. The molecule has 112 valence electrons. The average molecular weight is 280 g/mol. The van der Waals surface area contributed by atoms with Crippen LogP contribution in [0, 0.1) is 11.8 Å². The second-order valence-corrected chi connectivity index (χ2v) is 5.37. The van der Waals surface area contributed by atoms with Crippen LogP contribution >= 0.6 is 0 Å². The highest BCUT2D eigenvalue weighted by Crippen LogP contribution is 2.20. The molecule has 0 radical (unpaired) electrons. The smallest absolute Gasteiger partial charge is 0.342 e. The molecule has 0 saturated carbocycles. The molecule has 1 aromatic carbocycles. The number of aliphatic hydroxyl groups excluding tert-OH is 1. The molecule has 2 N–H and O–H groups in total. The summed E-state index contributed by atoms with van der Waals surface area (Å²) >= 11 is 0. The third-order valence-corrected chi connectivity index (χ3v) is 3.79. The van der Waals surface area contributed by atoms with Crippen LogP contribution in [0.25, 0.3) is 0 Å². The van der Waals surface area contributed by atoms with Crippen LogP contribution < -0.4 is 0 Å². The number of benzene rings is 1. The first-order chi connectivity index (χ1) is 9.45. The van der Waals surface area contributed by atoms with Gasteiger partial charge in [-0.3, -0.25) is 0 Å². The van der Waals surface area contributed by atoms with Gasteiger partial charge in [-0.25, -0.2) is 4.79 Å². The maximum Gasteiger partial charge on any atom is 0.342 e. The molecule has 0 amide bonds. The molecule has 0 saturated heterocycles. The van der Waals surface area contributed by atoms with Gasteiger partial charge in [-0.2, -0.15) is 0 Å². The predicted octanol–water partition coefficient (Wildman–Crippen LogP) is 2.98. The molecule has 0 fully saturated rings. The van der Waals surface area contributed by atoms with Crippen LogP contribution in [0.1, 0.15) is 44.0 Å². The molecule has 3 unspecified atom stereocenters. The molecule has 3 atom stereocenters. The monoisotopic (exact) mass is 280 g/mol. The van der Waals surface area contributed by atoms with E-state index in [0.29, 0.717) is 18.3 Å². The van der Waals surface area contributed by atoms with Crippen molar-refractivity contribution < 1.29 is 19.7 Å². The summed E-state index contributed by atoms with van der Waals surface area (Å²) in [6, 6.07) is 6.20. The third-order valence-electron chi connectivity index (χ3n) is 3.79. The topological polar surface area (TPSA) is 66.8 Å². The summed E-state index contributed by atoms with van der Waals surface area (Å²) in [4.78, 5) is 11.8. The van der Waals surface area contributed by atoms with E-state index in [0.717, 1.165) is 6.42 Å². The second kappa shape index (κ2) is 7.90. The van der Waals surface area contributed by atoms with E-state index in [1.807, 2.05) is 0 Å². The Morgan fingerprint density at radius 2 is 1.90 bits per heavy atom. The number of carbonyl (C=O) groups excluding carboxylic acids is 1. The maximum atomic E-state index is 11.8. The summed E-state index contributed by atoms with van der Waals surface area (Å²) < 4.78 is 5.04. The lowest BCUT2D eigenvalue weighted by molar-refractivity contribution is 0.0178. The van der Waals surface area contributed by atoms with E-state index in [9.17, 15) is 15.0 Å². The summed E-state index contributed by atoms with van der Waals surface area (Å²) in [5, 5.41) is 19.4. The Morgan fingerprint density at radius 3 is 2.50 bits per heavy atom. The van der Waals surface area contributed by atoms with E-state index in [4.69, 9.17) is 4.74 Å². The number of carbonyl (C=O) groups is 1. The Hall–Kier alpha value is -1.55. The molecular weight excluding hydrogens is 256 g/mol. The molecule has 4 nitrogen and oxygen atoms in total. The van der Waals surface area contributed by atoms with Crippen molar-refractivity contribution in [1.29, 1.82) is 0 Å². The molecule has 0 heterocycles. The van der Waals surface area contributed by atoms with Crippen molar-refractivity contribution in [3.63, 3.8) is 0 Å². The van der Waals surface area contributed by atoms with E-state index in [1.54, 1.807) is 12.1 Å². The van der Waals surface area contributed by atoms with E-state index in [-0.39, 0.29) is 17.9 Å². The van der Waals surface area contributed by atoms with E-state index in [1.165, 1.54) is 12.1 Å². The highest BCUT2D eigenvalue weighted by atomic mass is 16.5. The Balaban J connectivity index is 2.43. The van der Waals surface area contributed by atoms with Gasteiger partial charge in [-0.15, -0.1) is 0 Å². The largest absolute Gasteiger partial charge is 0.507 e. The van der Waals surface area contributed by atoms with Crippen LogP contribution in [0.3, 0.4) is 0 Å². The molecular formula is C16H24O4. The first kappa shape index (κ1) is 16.5. The summed E-state index contributed by atoms with van der Waals surface area (Å²) in [5.41, 5.74) is 0.120. The quantitative estimate of drug-likeness (QED) is 0.753. The summed E-state index contributed by atoms with van der Waals surface area (Å²) in [6.07, 6.45) is 0.989. The molecule has 0 aliphatic heterocycles. The van der Waals surface area contributed by atoms with Gasteiger partial charge in [0, 0.05) is 0 Å². The number of ether oxygens (including phenoxy) is 1. The van der Waals surface area contributed by atoms with Crippen molar-refractivity contribution >= 4 is 5.97 Å². The SMILES string of the molecule is CCC(C)C(C)CC(O)COC(=O)c1ccccc1O. The number of aliphatic hydroxyl groups is 1. The predicted molar refractivity (Wildman–Crippen MR) is 77.6 cm³/mol. The number of phenols is 1. The molecule has 0 spiro atoms. The normalized spacial score (nSPS) is 15.4. The molecule has 0 aromatic heterocycles. The van der Waals surface area contributed by atoms with Gasteiger partial charge < -0.3 is 14.9 Å². The molecule has 0 aliphatic rings. The molecule has 1 rings (SSSR count). The van der Waals surface area contributed by atoms with E-state index < -0.39 is 12.1 Å². The minimum atomic E-state index is -0.672. The number of rotatable bonds is 7. The van der Waals surface area contributed by atoms with Gasteiger partial charge in [0.1, 0.15) is 17.9 Å². The van der Waals surface area contributed by atoms with Crippen LogP contribution in [0.4, 0.5) is 0 Å². The van der Waals surface area contributed by atoms with E-state index >= 15 is 0 Å². The second-order valence-electron chi connectivity index (χ2n) is 5.37. The van der Waals surface area contributed by atoms with Crippen molar-refractivity contribution in [2.24, 2.45) is 11.8 Å². The number of aromatic hydroxyl groups is 1. The molecule has 20 heavy (non-hydrogen) atoms. The Labute approximate surface area is 120 Å². The first-order valence-corrected chi connectivity index (χ1v) is 7.08. The molecule has 0 bridgehead atoms. The Morgan fingerprint density at radius 1 is 1.25 bits per heavy atom. The number of para-hydroxylation sites is 1. The van der Waals surface area contributed by atoms with Crippen molar-refractivity contribution in [2.45, 2.75) is 39.7 Å². The molecule has 0 aliphatic carbocycles. The highest BCUT2D eigenvalue weighted by Gasteiger charge is 2.18. The van der Waals surface area contributed by atoms with Gasteiger partial charge in [-0.05, 0) is 30.4 Å². The Kier molecular flexibility index (Phi) is 6.52. The van der Waals surface area contributed by atoms with Gasteiger partial charge >= 0.3 is 5.97 Å². The van der Waals surface area contributed by atoms with Crippen LogP contribution in [0.5, 0.6) is 5.75 Å². The number of hydrogen-bond donors (Lipinski definition) is 2. The van der Waals surface area contributed by atoms with Gasteiger partial charge in [0.25, 0.3) is 0 Å². The lowest BCUT2D eigenvalue weighted by atomic mass is 9.89. The summed E-state index contributed by atoms with van der Waals surface area (Å²) in [5.74, 6) is 0.177. The molecule has 1 aromatic rings. The van der Waals surface area contributed by atoms with Gasteiger partial charge in [0.15, 0.2) is 0 Å². The van der Waals surface area contributed by atoms with Crippen LogP contribution in [-0.2, 0) is 4.74 Å². The zero-order valence-electron chi connectivity index (χ0n) is 12.4. The highest BCUT2D eigenvalue weighted by molar-refractivity contribution is 5.92. The van der Waals surface area contributed by atoms with Gasteiger partial charge in [0.05, 0.1) is 6.10 Å². The fourth-order valence-corrected chi connectivity index (χ4v) is 2.03. The minimum absolute atomic E-state index is 0.0477. The number of hydrogen-bond acceptors (Lipinski definition) is 4. The molecule has 4 heteroatoms. The van der Waals surface area contributed by atoms with Crippen molar-refractivity contribution in [1.82, 2.24) is 0 Å². The third kappa shape index (κ3) is 4.85. The average Bonchev–Trinajstić information content (AvgIpc) is 2.44. The fourth-order valence-electron chi connectivity index (χ4n) is 2.03. The first-order valence-electron chi connectivity index (χ1n) is 7.08. The van der Waals surface area contributed by atoms with Crippen molar-refractivity contribution in [2.75, 3.05) is 6.61 Å². The lowest BCUT2D eigenvalue weighted by Gasteiger charge is -2.21. The number of phenolic OH excluding ortho intramolecular Hbond substituents is 1. The standard InChI is InChI=1S/C16H24O4/c1-4-11(2)12(3)9-13(17)10-20-16(19)14-7-5-6-8-15(14)18/h5-8,11-13,17-18H,4,9-10H2,1-3H3. The zero-order valence-corrected chi connectivity index (χ0v) is 12.4. The van der Waals surface area contributed by atoms with Gasteiger partial charge in [-0.1, -0.05) is 39.3 Å². The van der Waals surface area contributed by atoms with Crippen LogP contribution in [0.2, 0.25) is 0 Å². The van der Waals surface area contributed by atoms with Crippen molar-refractivity contribution in [3.8, 4) is 5.75 Å². The Bertz CT molecular complexity index is 430. The lowest BCUT2D eigenvalue weighted by Crippen LogP contribution is -2.23. The number of esters is 1. The maximum absolute atomic E-state index is 11.8. The van der Waals surface area contributed by atoms with Crippen molar-refractivity contribution in [3.05, 3.63) is 29.8 Å². The zero-order chi connectivity index (χ0) is 15.1. The van der Waals surface area contributed by atoms with Gasteiger partial charge in [0.2, 0.25) is 0 Å². The van der Waals surface area contributed by atoms with E-state index in [2.05, 4.69) is 20.8 Å². The summed E-state index contributed by atoms with van der Waals surface area (Å²) in [6.45, 7) is 6.30. The minimum Gasteiger partial charge on any atom is -0.507 e. The van der Waals surface area contributed by atoms with Crippen LogP contribution in [-0.4, -0.2) is 28.9 Å².